The van der Waals surface area contributed by atoms with Gasteiger partial charge in [-0.2, -0.15) is 4.31 Å². The van der Waals surface area contributed by atoms with Crippen molar-refractivity contribution < 1.29 is 13.2 Å². The molecule has 7 nitrogen and oxygen atoms in total. The van der Waals surface area contributed by atoms with Crippen molar-refractivity contribution in [2.45, 2.75) is 24.4 Å². The Balaban J connectivity index is 1.64. The number of imidazole rings is 1. The molecule has 2 heterocycles. The molecule has 0 saturated carbocycles. The number of piperidine rings is 1. The van der Waals surface area contributed by atoms with E-state index in [0.29, 0.717) is 31.0 Å². The Hall–Kier alpha value is -1.90. The fraction of sp³-hybridized carbons (Fsp3) is 0.412. The van der Waals surface area contributed by atoms with Gasteiger partial charge < -0.3 is 9.88 Å². The number of rotatable bonds is 5. The Labute approximate surface area is 158 Å². The molecule has 1 aromatic heterocycles. The largest absolute Gasteiger partial charge is 0.352 e. The van der Waals surface area contributed by atoms with Crippen molar-refractivity contribution >= 4 is 27.5 Å². The first-order valence-corrected chi connectivity index (χ1v) is 10.2. The summed E-state index contributed by atoms with van der Waals surface area (Å²) in [5.74, 6) is -0.546. The molecule has 1 aromatic carbocycles. The highest BCUT2D eigenvalue weighted by molar-refractivity contribution is 7.89. The lowest BCUT2D eigenvalue weighted by Crippen LogP contribution is -2.45. The van der Waals surface area contributed by atoms with Gasteiger partial charge in [-0.1, -0.05) is 29.8 Å². The predicted octanol–water partition coefficient (Wildman–Crippen LogP) is 1.79. The van der Waals surface area contributed by atoms with Gasteiger partial charge in [0.1, 0.15) is 0 Å². The molecule has 0 bridgehead atoms. The van der Waals surface area contributed by atoms with Crippen LogP contribution >= 0.6 is 11.6 Å². The van der Waals surface area contributed by atoms with Gasteiger partial charge in [0, 0.05) is 37.9 Å². The number of amides is 1. The summed E-state index contributed by atoms with van der Waals surface area (Å²) in [6.45, 7) is 0.877. The molecule has 1 aliphatic rings. The maximum atomic E-state index is 12.7. The standard InChI is InChI=1S/C17H21ClN4O3S/c1-21-11-16(20-12-21)26(24,25)22-8-4-6-14(10-22)17(23)19-9-13-5-2-3-7-15(13)18/h2-3,5,7,11-12,14H,4,6,8-10H2,1H3,(H,19,23)/t14-/m1/s1. The molecule has 0 aliphatic carbocycles. The first-order valence-electron chi connectivity index (χ1n) is 8.37. The van der Waals surface area contributed by atoms with Gasteiger partial charge in [0.05, 0.1) is 12.2 Å². The minimum Gasteiger partial charge on any atom is -0.352 e. The molecule has 2 aromatic rings. The van der Waals surface area contributed by atoms with Crippen LogP contribution in [-0.4, -0.2) is 41.3 Å². The maximum absolute atomic E-state index is 12.7. The number of hydrogen-bond donors (Lipinski definition) is 1. The molecule has 1 N–H and O–H groups in total. The van der Waals surface area contributed by atoms with Gasteiger partial charge in [0.2, 0.25) is 5.91 Å². The van der Waals surface area contributed by atoms with Crippen LogP contribution in [0.25, 0.3) is 0 Å². The molecule has 1 amide bonds. The van der Waals surface area contributed by atoms with Crippen LogP contribution in [0.5, 0.6) is 0 Å². The van der Waals surface area contributed by atoms with E-state index in [1.54, 1.807) is 17.7 Å². The quantitative estimate of drug-likeness (QED) is 0.835. The zero-order valence-electron chi connectivity index (χ0n) is 14.4. The van der Waals surface area contributed by atoms with Crippen molar-refractivity contribution in [3.8, 4) is 0 Å². The molecule has 140 valence electrons. The topological polar surface area (TPSA) is 84.3 Å². The highest BCUT2D eigenvalue weighted by Crippen LogP contribution is 2.23. The third-order valence-corrected chi connectivity index (χ3v) is 6.57. The Morgan fingerprint density at radius 2 is 2.15 bits per heavy atom. The van der Waals surface area contributed by atoms with Gasteiger partial charge >= 0.3 is 0 Å². The summed E-state index contributed by atoms with van der Waals surface area (Å²) in [7, 11) is -1.97. The van der Waals surface area contributed by atoms with Crippen LogP contribution in [0.1, 0.15) is 18.4 Å². The van der Waals surface area contributed by atoms with Crippen molar-refractivity contribution in [3.63, 3.8) is 0 Å². The third kappa shape index (κ3) is 4.08. The second kappa shape index (κ2) is 7.77. The van der Waals surface area contributed by atoms with Crippen LogP contribution in [-0.2, 0) is 28.4 Å². The molecule has 0 radical (unpaired) electrons. The fourth-order valence-electron chi connectivity index (χ4n) is 3.00. The SMILES string of the molecule is Cn1cnc(S(=O)(=O)N2CCC[C@@H](C(=O)NCc3ccccc3Cl)C2)c1. The molecule has 26 heavy (non-hydrogen) atoms. The van der Waals surface area contributed by atoms with E-state index in [2.05, 4.69) is 10.3 Å². The maximum Gasteiger partial charge on any atom is 0.262 e. The van der Waals surface area contributed by atoms with Crippen molar-refractivity contribution in [2.75, 3.05) is 13.1 Å². The average Bonchev–Trinajstić information content (AvgIpc) is 3.08. The molecular weight excluding hydrogens is 376 g/mol. The average molecular weight is 397 g/mol. The molecule has 1 saturated heterocycles. The minimum atomic E-state index is -3.68. The van der Waals surface area contributed by atoms with Crippen molar-refractivity contribution in [2.24, 2.45) is 13.0 Å². The second-order valence-corrected chi connectivity index (χ2v) is 8.68. The first-order chi connectivity index (χ1) is 12.4. The number of aryl methyl sites for hydroxylation is 1. The smallest absolute Gasteiger partial charge is 0.262 e. The minimum absolute atomic E-state index is 0.0112. The van der Waals surface area contributed by atoms with Crippen LogP contribution in [0, 0.1) is 5.92 Å². The Bertz CT molecular complexity index is 897. The number of nitrogens with one attached hydrogen (secondary N) is 1. The van der Waals surface area contributed by atoms with E-state index in [1.165, 1.54) is 16.8 Å². The summed E-state index contributed by atoms with van der Waals surface area (Å²) in [6, 6.07) is 7.30. The predicted molar refractivity (Wildman–Crippen MR) is 98.0 cm³/mol. The lowest BCUT2D eigenvalue weighted by Gasteiger charge is -2.30. The van der Waals surface area contributed by atoms with Crippen LogP contribution in [0.15, 0.2) is 41.8 Å². The van der Waals surface area contributed by atoms with Crippen LogP contribution in [0.3, 0.4) is 0 Å². The van der Waals surface area contributed by atoms with E-state index in [9.17, 15) is 13.2 Å². The third-order valence-electron chi connectivity index (χ3n) is 4.45. The van der Waals surface area contributed by atoms with Crippen LogP contribution < -0.4 is 5.32 Å². The van der Waals surface area contributed by atoms with Gasteiger partial charge in [0.15, 0.2) is 5.03 Å². The first kappa shape index (κ1) is 18.9. The summed E-state index contributed by atoms with van der Waals surface area (Å²) in [5, 5.41) is 3.47. The highest BCUT2D eigenvalue weighted by Gasteiger charge is 2.34. The van der Waals surface area contributed by atoms with E-state index in [-0.39, 0.29) is 23.4 Å². The fourth-order valence-corrected chi connectivity index (χ4v) is 4.69. The number of aromatic nitrogens is 2. The summed E-state index contributed by atoms with van der Waals surface area (Å²) >= 11 is 6.10. The number of sulfonamides is 1. The Morgan fingerprint density at radius 1 is 1.38 bits per heavy atom. The zero-order valence-corrected chi connectivity index (χ0v) is 16.0. The van der Waals surface area contributed by atoms with Crippen LogP contribution in [0.4, 0.5) is 0 Å². The van der Waals surface area contributed by atoms with Crippen molar-refractivity contribution in [1.82, 2.24) is 19.2 Å². The molecule has 3 rings (SSSR count). The summed E-state index contributed by atoms with van der Waals surface area (Å²) < 4.78 is 28.3. The van der Waals surface area contributed by atoms with E-state index in [0.717, 1.165) is 5.56 Å². The summed E-state index contributed by atoms with van der Waals surface area (Å²) in [4.78, 5) is 16.4. The number of nitrogens with zero attached hydrogens (tertiary/aromatic N) is 3. The van der Waals surface area contributed by atoms with Crippen molar-refractivity contribution in [3.05, 3.63) is 47.4 Å². The van der Waals surface area contributed by atoms with Gasteiger partial charge in [-0.3, -0.25) is 4.79 Å². The molecule has 1 atom stereocenters. The lowest BCUT2D eigenvalue weighted by atomic mass is 9.99. The normalized spacial score (nSPS) is 18.6. The molecule has 1 fully saturated rings. The number of carbonyl (C=O) groups is 1. The second-order valence-electron chi connectivity index (χ2n) is 6.39. The van der Waals surface area contributed by atoms with Crippen molar-refractivity contribution in [1.29, 1.82) is 0 Å². The van der Waals surface area contributed by atoms with Gasteiger partial charge in [-0.25, -0.2) is 13.4 Å². The van der Waals surface area contributed by atoms with Gasteiger partial charge in [-0.15, -0.1) is 0 Å². The van der Waals surface area contributed by atoms with Crippen LogP contribution in [0.2, 0.25) is 5.02 Å². The Kier molecular flexibility index (Phi) is 5.64. The number of benzene rings is 1. The molecule has 0 unspecified atom stereocenters. The van der Waals surface area contributed by atoms with E-state index in [4.69, 9.17) is 11.6 Å². The number of carbonyl (C=O) groups excluding carboxylic acids is 1. The zero-order chi connectivity index (χ0) is 18.7. The van der Waals surface area contributed by atoms with Gasteiger partial charge in [-0.05, 0) is 24.5 Å². The molecule has 1 aliphatic heterocycles. The highest BCUT2D eigenvalue weighted by atomic mass is 35.5. The number of halogens is 1. The molecular formula is C17H21ClN4O3S. The van der Waals surface area contributed by atoms with E-state index in [1.807, 2.05) is 18.2 Å². The van der Waals surface area contributed by atoms with E-state index >= 15 is 0 Å². The summed E-state index contributed by atoms with van der Waals surface area (Å²) in [6.07, 6.45) is 4.21. The van der Waals surface area contributed by atoms with E-state index < -0.39 is 10.0 Å². The monoisotopic (exact) mass is 396 g/mol. The Morgan fingerprint density at radius 3 is 2.85 bits per heavy atom. The molecule has 9 heteroatoms. The van der Waals surface area contributed by atoms with Gasteiger partial charge in [0.25, 0.3) is 10.0 Å². The molecule has 0 spiro atoms. The summed E-state index contributed by atoms with van der Waals surface area (Å²) in [5.41, 5.74) is 0.830. The number of hydrogen-bond acceptors (Lipinski definition) is 4. The lowest BCUT2D eigenvalue weighted by molar-refractivity contribution is -0.126.